The van der Waals surface area contributed by atoms with Crippen molar-refractivity contribution in [3.63, 3.8) is 0 Å². The second kappa shape index (κ2) is 6.30. The predicted molar refractivity (Wildman–Crippen MR) is 103 cm³/mol. The Morgan fingerprint density at radius 2 is 0.833 bits per heavy atom. The molecule has 4 rings (SSSR count). The fourth-order valence-corrected chi connectivity index (χ4v) is 5.12. The molecule has 0 aliphatic carbocycles. The average Bonchev–Trinajstić information content (AvgIpc) is 2.63. The summed E-state index contributed by atoms with van der Waals surface area (Å²) in [6.07, 6.45) is 0. The molecule has 0 aromatic heterocycles. The lowest BCUT2D eigenvalue weighted by Crippen LogP contribution is -1.79. The molecule has 0 heterocycles. The van der Waals surface area contributed by atoms with Gasteiger partial charge in [-0.05, 0) is 35.0 Å². The van der Waals surface area contributed by atoms with Crippen LogP contribution < -0.4 is 0 Å². The first-order valence-electron chi connectivity index (χ1n) is 7.50. The number of rotatable bonds is 3. The molecule has 118 valence electrons. The number of aromatic hydroxyl groups is 2. The molecule has 0 aliphatic rings. The van der Waals surface area contributed by atoms with Gasteiger partial charge < -0.3 is 10.2 Å². The Kier molecular flexibility index (Phi) is 4.00. The molecule has 4 aromatic carbocycles. The second-order valence-electron chi connectivity index (χ2n) is 5.42. The zero-order valence-corrected chi connectivity index (χ0v) is 14.3. The van der Waals surface area contributed by atoms with Gasteiger partial charge >= 0.3 is 0 Å². The van der Waals surface area contributed by atoms with Crippen LogP contribution in [0.15, 0.2) is 82.6 Å². The Bertz CT molecular complexity index is 959. The summed E-state index contributed by atoms with van der Waals surface area (Å²) in [4.78, 5) is 2.20. The molecule has 0 aliphatic heterocycles. The molecule has 0 saturated carbocycles. The molecule has 4 heteroatoms. The van der Waals surface area contributed by atoms with E-state index >= 15 is 0 Å². The summed E-state index contributed by atoms with van der Waals surface area (Å²) < 4.78 is 0. The molecule has 2 N–H and O–H groups in total. The van der Waals surface area contributed by atoms with E-state index in [4.69, 9.17) is 0 Å². The summed E-state index contributed by atoms with van der Waals surface area (Å²) in [6, 6.07) is 23.1. The van der Waals surface area contributed by atoms with Crippen molar-refractivity contribution >= 4 is 43.1 Å². The monoisotopic (exact) mass is 350 g/mol. The van der Waals surface area contributed by atoms with Crippen LogP contribution in [0.1, 0.15) is 0 Å². The van der Waals surface area contributed by atoms with Crippen molar-refractivity contribution in [3.05, 3.63) is 72.8 Å². The third-order valence-electron chi connectivity index (χ3n) is 3.94. The Labute approximate surface area is 147 Å². The van der Waals surface area contributed by atoms with Crippen LogP contribution in [0.2, 0.25) is 0 Å². The summed E-state index contributed by atoms with van der Waals surface area (Å²) in [7, 11) is 3.31. The van der Waals surface area contributed by atoms with E-state index in [1.807, 2.05) is 60.7 Å². The highest BCUT2D eigenvalue weighted by Gasteiger charge is 2.09. The van der Waals surface area contributed by atoms with Crippen molar-refractivity contribution in [3.8, 4) is 11.5 Å². The Balaban J connectivity index is 1.72. The minimum atomic E-state index is 0.301. The highest BCUT2D eigenvalue weighted by molar-refractivity contribution is 8.76. The maximum Gasteiger partial charge on any atom is 0.123 e. The van der Waals surface area contributed by atoms with Gasteiger partial charge in [-0.3, -0.25) is 0 Å². The Hall–Kier alpha value is -2.30. The van der Waals surface area contributed by atoms with E-state index in [-0.39, 0.29) is 0 Å². The van der Waals surface area contributed by atoms with Crippen molar-refractivity contribution in [1.29, 1.82) is 0 Å². The van der Waals surface area contributed by atoms with E-state index in [1.54, 1.807) is 33.7 Å². The molecule has 0 amide bonds. The molecule has 24 heavy (non-hydrogen) atoms. The van der Waals surface area contributed by atoms with Crippen molar-refractivity contribution in [2.75, 3.05) is 0 Å². The van der Waals surface area contributed by atoms with Gasteiger partial charge in [0.05, 0.1) is 0 Å². The van der Waals surface area contributed by atoms with Gasteiger partial charge in [-0.15, -0.1) is 0 Å². The van der Waals surface area contributed by atoms with Crippen LogP contribution in [0.5, 0.6) is 11.5 Å². The standard InChI is InChI=1S/C20H14O2S2/c21-17-9-11-19(15-7-3-1-5-13(15)17)23-24-20-12-10-18(22)14-6-2-4-8-16(14)20/h1-12,21-22H. The van der Waals surface area contributed by atoms with Crippen molar-refractivity contribution in [2.24, 2.45) is 0 Å². The van der Waals surface area contributed by atoms with E-state index in [9.17, 15) is 10.2 Å². The quantitative estimate of drug-likeness (QED) is 0.431. The van der Waals surface area contributed by atoms with Gasteiger partial charge in [0.15, 0.2) is 0 Å². The van der Waals surface area contributed by atoms with E-state index in [1.165, 1.54) is 0 Å². The summed E-state index contributed by atoms with van der Waals surface area (Å²) in [5.74, 6) is 0.602. The maximum atomic E-state index is 10.0. The first-order chi connectivity index (χ1) is 11.7. The first kappa shape index (κ1) is 15.2. The maximum absolute atomic E-state index is 10.0. The number of phenols is 2. The average molecular weight is 350 g/mol. The summed E-state index contributed by atoms with van der Waals surface area (Å²) in [5, 5.41) is 23.8. The van der Waals surface area contributed by atoms with Gasteiger partial charge in [0.2, 0.25) is 0 Å². The molecule has 0 spiro atoms. The van der Waals surface area contributed by atoms with E-state index in [0.29, 0.717) is 11.5 Å². The Morgan fingerprint density at radius 1 is 0.458 bits per heavy atom. The highest BCUT2D eigenvalue weighted by Crippen LogP contribution is 2.45. The zero-order chi connectivity index (χ0) is 16.5. The highest BCUT2D eigenvalue weighted by atomic mass is 33.1. The van der Waals surface area contributed by atoms with Gasteiger partial charge in [0.1, 0.15) is 11.5 Å². The van der Waals surface area contributed by atoms with Crippen LogP contribution in [0, 0.1) is 0 Å². The molecule has 0 saturated heterocycles. The second-order valence-corrected chi connectivity index (χ2v) is 7.64. The third-order valence-corrected chi connectivity index (χ3v) is 6.43. The molecule has 0 radical (unpaired) electrons. The fraction of sp³-hybridized carbons (Fsp3) is 0. The molecule has 2 nitrogen and oxygen atoms in total. The van der Waals surface area contributed by atoms with E-state index in [0.717, 1.165) is 31.3 Å². The minimum Gasteiger partial charge on any atom is -0.507 e. The van der Waals surface area contributed by atoms with E-state index < -0.39 is 0 Å². The zero-order valence-electron chi connectivity index (χ0n) is 12.6. The van der Waals surface area contributed by atoms with Gasteiger partial charge in [-0.2, -0.15) is 0 Å². The molecule has 0 atom stereocenters. The topological polar surface area (TPSA) is 40.5 Å². The van der Waals surface area contributed by atoms with Crippen molar-refractivity contribution in [2.45, 2.75) is 9.79 Å². The van der Waals surface area contributed by atoms with Crippen LogP contribution in [0.3, 0.4) is 0 Å². The van der Waals surface area contributed by atoms with Gasteiger partial charge in [0.25, 0.3) is 0 Å². The lowest BCUT2D eigenvalue weighted by Gasteiger charge is -2.09. The predicted octanol–water partition coefficient (Wildman–Crippen LogP) is 6.20. The molecule has 0 unspecified atom stereocenters. The molecular formula is C20H14O2S2. The van der Waals surface area contributed by atoms with Crippen LogP contribution >= 0.6 is 21.6 Å². The van der Waals surface area contributed by atoms with Crippen molar-refractivity contribution < 1.29 is 10.2 Å². The number of phenolic OH excluding ortho intramolecular Hbond substituents is 2. The number of hydrogen-bond donors (Lipinski definition) is 2. The molecular weight excluding hydrogens is 336 g/mol. The SMILES string of the molecule is Oc1ccc(SSc2ccc(O)c3ccccc23)c2ccccc12. The first-order valence-corrected chi connectivity index (χ1v) is 9.65. The van der Waals surface area contributed by atoms with Crippen LogP contribution in [-0.4, -0.2) is 10.2 Å². The normalized spacial score (nSPS) is 11.2. The summed E-state index contributed by atoms with van der Waals surface area (Å²) >= 11 is 0. The van der Waals surface area contributed by atoms with E-state index in [2.05, 4.69) is 0 Å². The van der Waals surface area contributed by atoms with Crippen LogP contribution in [0.25, 0.3) is 21.5 Å². The van der Waals surface area contributed by atoms with Crippen LogP contribution in [0.4, 0.5) is 0 Å². The lowest BCUT2D eigenvalue weighted by atomic mass is 10.1. The molecule has 0 bridgehead atoms. The van der Waals surface area contributed by atoms with Gasteiger partial charge in [-0.1, -0.05) is 70.1 Å². The lowest BCUT2D eigenvalue weighted by molar-refractivity contribution is 0.481. The largest absolute Gasteiger partial charge is 0.507 e. The summed E-state index contributed by atoms with van der Waals surface area (Å²) in [6.45, 7) is 0. The van der Waals surface area contributed by atoms with Crippen molar-refractivity contribution in [1.82, 2.24) is 0 Å². The number of benzene rings is 4. The number of hydrogen-bond acceptors (Lipinski definition) is 4. The fourth-order valence-electron chi connectivity index (χ4n) is 2.75. The smallest absolute Gasteiger partial charge is 0.123 e. The molecule has 4 aromatic rings. The Morgan fingerprint density at radius 3 is 1.25 bits per heavy atom. The van der Waals surface area contributed by atoms with Gasteiger partial charge in [-0.25, -0.2) is 0 Å². The van der Waals surface area contributed by atoms with Crippen LogP contribution in [-0.2, 0) is 0 Å². The minimum absolute atomic E-state index is 0.301. The number of fused-ring (bicyclic) bond motifs is 2. The van der Waals surface area contributed by atoms with Gasteiger partial charge in [0, 0.05) is 20.6 Å². The third kappa shape index (κ3) is 2.68. The molecule has 0 fully saturated rings. The summed E-state index contributed by atoms with van der Waals surface area (Å²) in [5.41, 5.74) is 0.